The van der Waals surface area contributed by atoms with E-state index in [1.54, 1.807) is 0 Å². The molecule has 1 atom stereocenters. The van der Waals surface area contributed by atoms with Crippen LogP contribution >= 0.6 is 0 Å². The molecule has 1 unspecified atom stereocenters. The normalized spacial score (nSPS) is 27.1. The molecule has 0 aromatic rings. The molecule has 1 rings (SSSR count). The van der Waals surface area contributed by atoms with Crippen molar-refractivity contribution in [2.24, 2.45) is 0 Å². The maximum atomic E-state index is 10.5. The standard InChI is InChI=1S/C4H8N2O5/c7-2-3(8)6(11)1-5(2)4(9)10/h2,4,7-10H,1H2. The van der Waals surface area contributed by atoms with Gasteiger partial charge in [-0.25, -0.2) is 0 Å². The zero-order chi connectivity index (χ0) is 8.59. The third kappa shape index (κ3) is 1.26. The van der Waals surface area contributed by atoms with E-state index in [0.29, 0.717) is 4.90 Å². The molecule has 0 aromatic heterocycles. The second kappa shape index (κ2) is 2.62. The summed E-state index contributed by atoms with van der Waals surface area (Å²) in [5.41, 5.74) is 0. The average molecular weight is 164 g/mol. The first kappa shape index (κ1) is 8.21. The van der Waals surface area contributed by atoms with E-state index in [4.69, 9.17) is 20.4 Å². The second-order valence-electron chi connectivity index (χ2n) is 2.11. The lowest BCUT2D eigenvalue weighted by Gasteiger charge is -2.16. The summed E-state index contributed by atoms with van der Waals surface area (Å²) in [6.45, 7) is -0.468. The van der Waals surface area contributed by atoms with Crippen LogP contribution in [0.25, 0.3) is 0 Å². The molecule has 0 bridgehead atoms. The van der Waals surface area contributed by atoms with E-state index < -0.39 is 25.2 Å². The van der Waals surface area contributed by atoms with Gasteiger partial charge in [0.25, 0.3) is 0 Å². The zero-order valence-electron chi connectivity index (χ0n) is 5.45. The number of aliphatic hydroxyl groups is 4. The lowest BCUT2D eigenvalue weighted by Crippen LogP contribution is -2.42. The van der Waals surface area contributed by atoms with Crippen LogP contribution in [0.2, 0.25) is 0 Å². The first-order valence-electron chi connectivity index (χ1n) is 2.84. The molecule has 0 saturated heterocycles. The van der Waals surface area contributed by atoms with Crippen LogP contribution in [0.5, 0.6) is 0 Å². The molecule has 7 nitrogen and oxygen atoms in total. The lowest BCUT2D eigenvalue weighted by molar-refractivity contribution is -0.483. The molecular formula is C4H8N2O5. The number of hydrogen-bond acceptors (Lipinski definition) is 5. The smallest absolute Gasteiger partial charge is 0.392 e. The highest BCUT2D eigenvalue weighted by Crippen LogP contribution is 2.07. The van der Waals surface area contributed by atoms with Gasteiger partial charge in [-0.3, -0.25) is 0 Å². The molecule has 0 aromatic carbocycles. The summed E-state index contributed by atoms with van der Waals surface area (Å²) in [4.78, 5) is 0.600. The molecule has 0 spiro atoms. The molecule has 1 aliphatic rings. The zero-order valence-corrected chi connectivity index (χ0v) is 5.45. The van der Waals surface area contributed by atoms with Gasteiger partial charge in [0.15, 0.2) is 0 Å². The Bertz CT molecular complexity index is 191. The Labute approximate surface area is 61.6 Å². The SMILES string of the molecule is [O-][N+]1=C(O)C(O)N(C(O)O)C1. The monoisotopic (exact) mass is 164 g/mol. The quantitative estimate of drug-likeness (QED) is 0.191. The van der Waals surface area contributed by atoms with Crippen LogP contribution in [-0.2, 0) is 0 Å². The van der Waals surface area contributed by atoms with Gasteiger partial charge in [0.2, 0.25) is 19.3 Å². The highest BCUT2D eigenvalue weighted by atomic mass is 16.5. The minimum Gasteiger partial charge on any atom is -0.620 e. The van der Waals surface area contributed by atoms with Gasteiger partial charge in [-0.15, -0.1) is 0 Å². The van der Waals surface area contributed by atoms with Crippen LogP contribution in [-0.4, -0.2) is 55.3 Å². The van der Waals surface area contributed by atoms with Gasteiger partial charge in [0, 0.05) is 0 Å². The Hall–Kier alpha value is -0.890. The molecule has 1 aliphatic heterocycles. The van der Waals surface area contributed by atoms with Crippen molar-refractivity contribution in [2.75, 3.05) is 6.67 Å². The van der Waals surface area contributed by atoms with Crippen molar-refractivity contribution >= 4 is 5.90 Å². The molecule has 1 heterocycles. The van der Waals surface area contributed by atoms with Crippen molar-refractivity contribution in [3.05, 3.63) is 5.21 Å². The number of aliphatic hydroxyl groups excluding tert-OH is 3. The van der Waals surface area contributed by atoms with Crippen molar-refractivity contribution < 1.29 is 25.2 Å². The molecule has 0 fully saturated rings. The van der Waals surface area contributed by atoms with E-state index >= 15 is 0 Å². The molecule has 0 saturated carbocycles. The van der Waals surface area contributed by atoms with Gasteiger partial charge in [-0.05, 0) is 0 Å². The molecule has 4 N–H and O–H groups in total. The fraction of sp³-hybridized carbons (Fsp3) is 0.750. The molecule has 0 radical (unpaired) electrons. The molecule has 64 valence electrons. The van der Waals surface area contributed by atoms with Crippen LogP contribution in [0.15, 0.2) is 0 Å². The maximum absolute atomic E-state index is 10.5. The molecule has 0 aliphatic carbocycles. The van der Waals surface area contributed by atoms with Crippen molar-refractivity contribution in [1.29, 1.82) is 0 Å². The van der Waals surface area contributed by atoms with E-state index in [9.17, 15) is 5.21 Å². The molecule has 7 heteroatoms. The van der Waals surface area contributed by atoms with E-state index in [1.165, 1.54) is 0 Å². The average Bonchev–Trinajstić information content (AvgIpc) is 2.17. The Kier molecular flexibility index (Phi) is 1.96. The number of hydrogen-bond donors (Lipinski definition) is 4. The Morgan fingerprint density at radius 1 is 1.64 bits per heavy atom. The van der Waals surface area contributed by atoms with Gasteiger partial charge < -0.3 is 25.6 Å². The first-order valence-corrected chi connectivity index (χ1v) is 2.84. The Morgan fingerprint density at radius 3 is 2.36 bits per heavy atom. The first-order chi connectivity index (χ1) is 5.04. The number of nitrogens with zero attached hydrogens (tertiary/aromatic N) is 2. The fourth-order valence-electron chi connectivity index (χ4n) is 0.775. The van der Waals surface area contributed by atoms with E-state index in [0.717, 1.165) is 0 Å². The summed E-state index contributed by atoms with van der Waals surface area (Å²) in [6, 6.07) is 0. The largest absolute Gasteiger partial charge is 0.620 e. The molecule has 11 heavy (non-hydrogen) atoms. The van der Waals surface area contributed by atoms with Crippen molar-refractivity contribution in [2.45, 2.75) is 12.6 Å². The van der Waals surface area contributed by atoms with E-state index in [2.05, 4.69) is 0 Å². The van der Waals surface area contributed by atoms with E-state index in [1.807, 2.05) is 0 Å². The van der Waals surface area contributed by atoms with Crippen LogP contribution in [0.1, 0.15) is 0 Å². The highest BCUT2D eigenvalue weighted by Gasteiger charge is 2.39. The van der Waals surface area contributed by atoms with Crippen molar-refractivity contribution in [3.63, 3.8) is 0 Å². The van der Waals surface area contributed by atoms with Gasteiger partial charge in [0.1, 0.15) is 0 Å². The summed E-state index contributed by atoms with van der Waals surface area (Å²) in [5.74, 6) is -0.835. The minimum atomic E-state index is -1.95. The third-order valence-corrected chi connectivity index (χ3v) is 1.39. The van der Waals surface area contributed by atoms with Crippen LogP contribution in [0, 0.1) is 5.21 Å². The van der Waals surface area contributed by atoms with Gasteiger partial charge in [-0.2, -0.15) is 9.64 Å². The maximum Gasteiger partial charge on any atom is 0.392 e. The number of rotatable bonds is 1. The van der Waals surface area contributed by atoms with Gasteiger partial charge >= 0.3 is 5.90 Å². The van der Waals surface area contributed by atoms with Gasteiger partial charge in [-0.1, -0.05) is 0 Å². The van der Waals surface area contributed by atoms with Crippen LogP contribution in [0.3, 0.4) is 0 Å². The summed E-state index contributed by atoms with van der Waals surface area (Å²) < 4.78 is 0.0596. The summed E-state index contributed by atoms with van der Waals surface area (Å²) in [5, 5.41) is 45.1. The van der Waals surface area contributed by atoms with E-state index in [-0.39, 0.29) is 4.74 Å². The van der Waals surface area contributed by atoms with Crippen molar-refractivity contribution in [3.8, 4) is 0 Å². The third-order valence-electron chi connectivity index (χ3n) is 1.39. The molecule has 0 amide bonds. The fourth-order valence-corrected chi connectivity index (χ4v) is 0.775. The summed E-state index contributed by atoms with van der Waals surface area (Å²) >= 11 is 0. The predicted molar refractivity (Wildman–Crippen MR) is 32.2 cm³/mol. The summed E-state index contributed by atoms with van der Waals surface area (Å²) in [6.07, 6.45) is -3.58. The van der Waals surface area contributed by atoms with Crippen molar-refractivity contribution in [1.82, 2.24) is 4.90 Å². The Morgan fingerprint density at radius 2 is 2.18 bits per heavy atom. The second-order valence-corrected chi connectivity index (χ2v) is 2.11. The Balaban J connectivity index is 2.70. The van der Waals surface area contributed by atoms with Crippen LogP contribution in [0.4, 0.5) is 0 Å². The number of hydroxylamine groups is 1. The lowest BCUT2D eigenvalue weighted by atomic mass is 10.5. The van der Waals surface area contributed by atoms with Crippen LogP contribution < -0.4 is 0 Å². The minimum absolute atomic E-state index is 0.0596. The molecular weight excluding hydrogens is 156 g/mol. The topological polar surface area (TPSA) is 110 Å². The highest BCUT2D eigenvalue weighted by molar-refractivity contribution is 5.74. The van der Waals surface area contributed by atoms with Gasteiger partial charge in [0.05, 0.1) is 0 Å². The summed E-state index contributed by atoms with van der Waals surface area (Å²) in [7, 11) is 0. The predicted octanol–water partition coefficient (Wildman–Crippen LogP) is -2.69.